The van der Waals surface area contributed by atoms with Crippen LogP contribution in [0.25, 0.3) is 0 Å². The molecule has 0 aromatic rings. The van der Waals surface area contributed by atoms with Crippen LogP contribution in [0, 0.1) is 0 Å². The Morgan fingerprint density at radius 3 is 1.22 bits per heavy atom. The summed E-state index contributed by atoms with van der Waals surface area (Å²) in [6, 6.07) is 0.317. The van der Waals surface area contributed by atoms with E-state index in [2.05, 4.69) is 44.4 Å². The molecule has 0 N–H and O–H groups in total. The van der Waals surface area contributed by atoms with E-state index in [-0.39, 0.29) is 24.1 Å². The molecule has 1 fully saturated rings. The van der Waals surface area contributed by atoms with Crippen molar-refractivity contribution in [1.82, 2.24) is 9.80 Å². The van der Waals surface area contributed by atoms with Crippen LogP contribution >= 0.6 is 21.6 Å². The minimum atomic E-state index is 0.0151. The molecular weight excluding hydrogens is 881 g/mol. The second kappa shape index (κ2) is 49.6. The van der Waals surface area contributed by atoms with Crippen molar-refractivity contribution in [2.45, 2.75) is 323 Å². The Balaban J connectivity index is 2.69. The van der Waals surface area contributed by atoms with Crippen LogP contribution in [0.1, 0.15) is 304 Å². The Hall–Kier alpha value is -0.930. The molecule has 1 rings (SSSR count). The first-order chi connectivity index (χ1) is 33.4. The number of carbonyl (C=O) groups is 3. The summed E-state index contributed by atoms with van der Waals surface area (Å²) in [4.78, 5) is 44.8. The molecule has 402 valence electrons. The Morgan fingerprint density at radius 1 is 0.426 bits per heavy atom. The van der Waals surface area contributed by atoms with Gasteiger partial charge in [0.15, 0.2) is 0 Å². The molecule has 0 spiro atoms. The number of hydrogen-bond donors (Lipinski definition) is 0. The Bertz CT molecular complexity index is 1040. The van der Waals surface area contributed by atoms with E-state index in [0.29, 0.717) is 31.2 Å². The number of carbonyl (C=O) groups excluding carboxylic acids is 3. The van der Waals surface area contributed by atoms with Gasteiger partial charge < -0.3 is 19.3 Å². The minimum absolute atomic E-state index is 0.0151. The van der Waals surface area contributed by atoms with Gasteiger partial charge in [0.25, 0.3) is 0 Å². The number of unbranched alkanes of at least 4 members (excludes halogenated alkanes) is 23. The van der Waals surface area contributed by atoms with E-state index >= 15 is 0 Å². The van der Waals surface area contributed by atoms with Crippen LogP contribution in [-0.2, 0) is 23.9 Å². The average Bonchev–Trinajstić information content (AvgIpc) is 3.86. The molecule has 0 aromatic carbocycles. The third-order valence-corrected chi connectivity index (χ3v) is 16.8. The third-order valence-electron chi connectivity index (χ3n) is 14.3. The van der Waals surface area contributed by atoms with E-state index in [1.807, 2.05) is 21.6 Å². The summed E-state index contributed by atoms with van der Waals surface area (Å²) in [6.07, 6.45) is 47.5. The molecule has 68 heavy (non-hydrogen) atoms. The van der Waals surface area contributed by atoms with Crippen LogP contribution < -0.4 is 0 Å². The Labute approximate surface area is 431 Å². The van der Waals surface area contributed by atoms with Crippen LogP contribution in [0.5, 0.6) is 0 Å². The van der Waals surface area contributed by atoms with Crippen molar-refractivity contribution in [3.63, 3.8) is 0 Å². The van der Waals surface area contributed by atoms with Gasteiger partial charge in [-0.25, -0.2) is 0 Å². The van der Waals surface area contributed by atoms with E-state index in [1.54, 1.807) is 0 Å². The molecule has 0 aromatic heterocycles. The molecule has 1 aliphatic heterocycles. The average molecular weight is 996 g/mol. The first kappa shape index (κ1) is 65.1. The third kappa shape index (κ3) is 39.7. The van der Waals surface area contributed by atoms with Crippen LogP contribution in [0.4, 0.5) is 0 Å². The minimum Gasteiger partial charge on any atom is -0.462 e. The number of hydrogen-bond acceptors (Lipinski definition) is 8. The monoisotopic (exact) mass is 995 g/mol. The maximum absolute atomic E-state index is 14.1. The molecule has 1 amide bonds. The summed E-state index contributed by atoms with van der Waals surface area (Å²) < 4.78 is 12.1. The molecule has 0 radical (unpaired) electrons. The molecule has 0 saturated carbocycles. The van der Waals surface area contributed by atoms with Gasteiger partial charge in [-0.1, -0.05) is 204 Å². The molecule has 0 aliphatic carbocycles. The van der Waals surface area contributed by atoms with E-state index in [4.69, 9.17) is 9.47 Å². The Kier molecular flexibility index (Phi) is 47.5. The quantitative estimate of drug-likeness (QED) is 0.0339. The van der Waals surface area contributed by atoms with Crippen molar-refractivity contribution in [2.24, 2.45) is 0 Å². The first-order valence-electron chi connectivity index (χ1n) is 30.0. The second-order valence-electron chi connectivity index (χ2n) is 20.8. The maximum atomic E-state index is 14.1. The van der Waals surface area contributed by atoms with Gasteiger partial charge in [0, 0.05) is 43.4 Å². The van der Waals surface area contributed by atoms with Crippen LogP contribution in [0.3, 0.4) is 0 Å². The highest BCUT2D eigenvalue weighted by Crippen LogP contribution is 2.26. The zero-order valence-electron chi connectivity index (χ0n) is 45.9. The standard InChI is InChI=1S/C59H114N2O5S2/c1-6-11-16-30-41-55(42-31-17-12-7-2)65-58(63)45-34-26-22-20-24-28-39-54(61(51-38-50-60-48-36-37-49-60)57(62)47-53-68-67-52-15-10-5)40-29-25-21-23-27-35-46-59(64)66-56(43-32-18-13-8-3)44-33-19-14-9-4/h54-56H,6-53H2,1-5H3. The van der Waals surface area contributed by atoms with Gasteiger partial charge in [0.1, 0.15) is 12.2 Å². The van der Waals surface area contributed by atoms with Crippen molar-refractivity contribution in [1.29, 1.82) is 0 Å². The van der Waals surface area contributed by atoms with Crippen molar-refractivity contribution in [3.05, 3.63) is 0 Å². The number of rotatable bonds is 52. The first-order valence-corrected chi connectivity index (χ1v) is 32.5. The molecule has 0 bridgehead atoms. The lowest BCUT2D eigenvalue weighted by Crippen LogP contribution is -2.42. The molecule has 0 atom stereocenters. The SMILES string of the molecule is CCCCCCC(CCCCCC)OC(=O)CCCCCCCCC(CCCCCCCCC(=O)OC(CCCCCC)CCCCCC)N(CCCN1CCCC1)C(=O)CCSSCCCC. The summed E-state index contributed by atoms with van der Waals surface area (Å²) in [5.41, 5.74) is 0. The molecule has 1 saturated heterocycles. The largest absolute Gasteiger partial charge is 0.462 e. The molecule has 7 nitrogen and oxygen atoms in total. The van der Waals surface area contributed by atoms with Crippen LogP contribution in [-0.4, -0.2) is 83.6 Å². The number of ether oxygens (including phenoxy) is 2. The Morgan fingerprint density at radius 2 is 0.794 bits per heavy atom. The van der Waals surface area contributed by atoms with E-state index in [0.717, 1.165) is 115 Å². The van der Waals surface area contributed by atoms with Crippen molar-refractivity contribution in [2.75, 3.05) is 37.7 Å². The highest BCUT2D eigenvalue weighted by molar-refractivity contribution is 8.76. The molecule has 1 aliphatic rings. The lowest BCUT2D eigenvalue weighted by atomic mass is 9.98. The van der Waals surface area contributed by atoms with Gasteiger partial charge in [0.05, 0.1) is 0 Å². The fraction of sp³-hybridized carbons (Fsp3) is 0.949. The zero-order chi connectivity index (χ0) is 49.4. The molecule has 1 heterocycles. The maximum Gasteiger partial charge on any atom is 0.306 e. The molecule has 0 unspecified atom stereocenters. The van der Waals surface area contributed by atoms with Gasteiger partial charge in [-0.05, 0) is 122 Å². The second-order valence-corrected chi connectivity index (χ2v) is 23.5. The number of likely N-dealkylation sites (tertiary alicyclic amines) is 1. The van der Waals surface area contributed by atoms with Gasteiger partial charge in [0.2, 0.25) is 5.91 Å². The summed E-state index contributed by atoms with van der Waals surface area (Å²) in [6.45, 7) is 15.7. The van der Waals surface area contributed by atoms with Gasteiger partial charge in [-0.3, -0.25) is 14.4 Å². The highest BCUT2D eigenvalue weighted by atomic mass is 33.1. The van der Waals surface area contributed by atoms with E-state index in [9.17, 15) is 14.4 Å². The summed E-state index contributed by atoms with van der Waals surface area (Å²) >= 11 is 0. The van der Waals surface area contributed by atoms with Gasteiger partial charge in [-0.2, -0.15) is 0 Å². The van der Waals surface area contributed by atoms with E-state index in [1.165, 1.54) is 173 Å². The fourth-order valence-electron chi connectivity index (χ4n) is 9.95. The summed E-state index contributed by atoms with van der Waals surface area (Å²) in [5, 5.41) is 0. The lowest BCUT2D eigenvalue weighted by molar-refractivity contribution is -0.151. The normalized spacial score (nSPS) is 13.1. The number of nitrogens with zero attached hydrogens (tertiary/aromatic N) is 2. The molecule has 9 heteroatoms. The van der Waals surface area contributed by atoms with Crippen LogP contribution in [0.2, 0.25) is 0 Å². The smallest absolute Gasteiger partial charge is 0.306 e. The van der Waals surface area contributed by atoms with Gasteiger partial charge in [-0.15, -0.1) is 0 Å². The lowest BCUT2D eigenvalue weighted by Gasteiger charge is -2.33. The predicted octanol–water partition coefficient (Wildman–Crippen LogP) is 18.2. The number of amides is 1. The van der Waals surface area contributed by atoms with E-state index < -0.39 is 0 Å². The zero-order valence-corrected chi connectivity index (χ0v) is 47.6. The number of esters is 2. The summed E-state index contributed by atoms with van der Waals surface area (Å²) in [5.74, 6) is 2.47. The van der Waals surface area contributed by atoms with Crippen LogP contribution in [0.15, 0.2) is 0 Å². The van der Waals surface area contributed by atoms with Crippen molar-refractivity contribution >= 4 is 39.4 Å². The van der Waals surface area contributed by atoms with Crippen molar-refractivity contribution in [3.8, 4) is 0 Å². The highest BCUT2D eigenvalue weighted by Gasteiger charge is 2.24. The molecular formula is C59H114N2O5S2. The van der Waals surface area contributed by atoms with Gasteiger partial charge >= 0.3 is 11.9 Å². The summed E-state index contributed by atoms with van der Waals surface area (Å²) in [7, 11) is 3.82. The topological polar surface area (TPSA) is 76.2 Å². The van der Waals surface area contributed by atoms with Crippen molar-refractivity contribution < 1.29 is 23.9 Å². The fourth-order valence-corrected chi connectivity index (χ4v) is 12.2. The predicted molar refractivity (Wildman–Crippen MR) is 299 cm³/mol.